The first-order chi connectivity index (χ1) is 17.2. The number of hydrogen-bond acceptors (Lipinski definition) is 5. The smallest absolute Gasteiger partial charge is 0.333 e. The maximum Gasteiger partial charge on any atom is 0.333 e. The summed E-state index contributed by atoms with van der Waals surface area (Å²) in [7, 11) is -5.39. The van der Waals surface area contributed by atoms with Crippen molar-refractivity contribution in [2.24, 2.45) is 0 Å². The molecule has 0 spiro atoms. The fourth-order valence-electron chi connectivity index (χ4n) is 3.45. The zero-order chi connectivity index (χ0) is 27.8. The highest BCUT2D eigenvalue weighted by Gasteiger charge is 2.23. The maximum absolute atomic E-state index is 11.3. The molecule has 5 nitrogen and oxygen atoms in total. The van der Waals surface area contributed by atoms with E-state index in [-0.39, 0.29) is 22.5 Å². The summed E-state index contributed by atoms with van der Waals surface area (Å²) in [6, 6.07) is 26.9. The Morgan fingerprint density at radius 1 is 0.946 bits per heavy atom. The van der Waals surface area contributed by atoms with Gasteiger partial charge < -0.3 is 9.29 Å². The molecule has 0 saturated heterocycles. The molecule has 0 unspecified atom stereocenters. The summed E-state index contributed by atoms with van der Waals surface area (Å²) in [6.07, 6.45) is 0. The topological polar surface area (TPSA) is 83.5 Å². The van der Waals surface area contributed by atoms with Crippen molar-refractivity contribution in [3.8, 4) is 4.90 Å². The average Bonchev–Trinajstić information content (AvgIpc) is 3.16. The van der Waals surface area contributed by atoms with E-state index in [2.05, 4.69) is 105 Å². The molecule has 4 rings (SSSR count). The van der Waals surface area contributed by atoms with E-state index in [1.165, 1.54) is 37.6 Å². The second-order valence-electron chi connectivity index (χ2n) is 9.07. The third-order valence-electron chi connectivity index (χ3n) is 5.12. The third kappa shape index (κ3) is 9.03. The Balaban J connectivity index is 0.000000287. The lowest BCUT2D eigenvalue weighted by Gasteiger charge is -2.18. The van der Waals surface area contributed by atoms with Gasteiger partial charge in [-0.3, -0.25) is 0 Å². The van der Waals surface area contributed by atoms with Gasteiger partial charge in [-0.2, -0.15) is 0 Å². The maximum atomic E-state index is 11.3. The second-order valence-corrected chi connectivity index (χ2v) is 11.8. The highest BCUT2D eigenvalue weighted by atomic mass is 32.3. The molecule has 0 radical (unpaired) electrons. The molecule has 0 atom stereocenters. The van der Waals surface area contributed by atoms with Gasteiger partial charge in [0.1, 0.15) is 13.3 Å². The summed E-state index contributed by atoms with van der Waals surface area (Å²) in [6.45, 7) is 10.8. The standard InChI is InChI=1S/C22H21S.C6H9FO2.FHO3S/c1-22(2,3)16-12-14-17(15-13-16)23-20-10-6-4-8-18(20)19-9-5-7-11-21(19)23;1-5(2)6(8)9-4-3-7;1-5(2,3)4/h4-15H,1-3H3;1,3-4H2,2H3;(H,2,3,4)/q+1;;/p-1. The fourth-order valence-corrected chi connectivity index (χ4v) is 5.83. The zero-order valence-corrected chi connectivity index (χ0v) is 22.8. The summed E-state index contributed by atoms with van der Waals surface area (Å²) in [5.41, 5.74) is 1.89. The van der Waals surface area contributed by atoms with Crippen LogP contribution in [0, 0.1) is 0 Å². The molecule has 1 aromatic heterocycles. The van der Waals surface area contributed by atoms with Gasteiger partial charge in [0.15, 0.2) is 14.3 Å². The van der Waals surface area contributed by atoms with Gasteiger partial charge in [-0.25, -0.2) is 17.6 Å². The van der Waals surface area contributed by atoms with Crippen LogP contribution >= 0.6 is 10.5 Å². The normalized spacial score (nSPS) is 11.2. The molecule has 4 aromatic rings. The van der Waals surface area contributed by atoms with Gasteiger partial charge in [0.25, 0.3) is 10.5 Å². The van der Waals surface area contributed by atoms with Crippen molar-refractivity contribution < 1.29 is 30.8 Å². The van der Waals surface area contributed by atoms with E-state index in [9.17, 15) is 13.1 Å². The molecule has 1 heterocycles. The highest BCUT2D eigenvalue weighted by Crippen LogP contribution is 2.48. The van der Waals surface area contributed by atoms with Crippen LogP contribution in [-0.4, -0.2) is 32.2 Å². The van der Waals surface area contributed by atoms with E-state index < -0.39 is 23.1 Å². The summed E-state index contributed by atoms with van der Waals surface area (Å²) in [5, 5.41) is 2.79. The fraction of sp³-hybridized carbons (Fsp3) is 0.250. The molecule has 9 heteroatoms. The number of benzene rings is 3. The molecule has 0 amide bonds. The first-order valence-corrected chi connectivity index (χ1v) is 13.8. The Hall–Kier alpha value is -3.14. The van der Waals surface area contributed by atoms with Crippen LogP contribution < -0.4 is 0 Å². The van der Waals surface area contributed by atoms with Crippen molar-refractivity contribution >= 4 is 47.1 Å². The monoisotopic (exact) mass is 548 g/mol. The first-order valence-electron chi connectivity index (χ1n) is 11.3. The van der Waals surface area contributed by atoms with Crippen molar-refractivity contribution in [3.05, 3.63) is 90.5 Å². The van der Waals surface area contributed by atoms with Crippen LogP contribution in [0.3, 0.4) is 0 Å². The highest BCUT2D eigenvalue weighted by molar-refractivity contribution is 7.80. The Labute approximate surface area is 219 Å². The van der Waals surface area contributed by atoms with Gasteiger partial charge in [-0.05, 0) is 54.3 Å². The van der Waals surface area contributed by atoms with E-state index in [0.29, 0.717) is 5.57 Å². The average molecular weight is 549 g/mol. The van der Waals surface area contributed by atoms with Crippen LogP contribution in [0.25, 0.3) is 25.1 Å². The largest absolute Gasteiger partial charge is 0.722 e. The number of halogens is 2. The van der Waals surface area contributed by atoms with E-state index in [0.717, 1.165) is 0 Å². The SMILES string of the molecule is C=C(C)C(=O)OCCF.CC(C)(C)c1ccc(-[s+]2c3ccccc3c3ccccc32)cc1.O=S(=O)([O-])F. The van der Waals surface area contributed by atoms with E-state index in [1.54, 1.807) is 0 Å². The van der Waals surface area contributed by atoms with Crippen molar-refractivity contribution in [1.82, 2.24) is 0 Å². The van der Waals surface area contributed by atoms with E-state index in [1.807, 2.05) is 0 Å². The van der Waals surface area contributed by atoms with Crippen molar-refractivity contribution in [1.29, 1.82) is 0 Å². The molecule has 37 heavy (non-hydrogen) atoms. The zero-order valence-electron chi connectivity index (χ0n) is 21.2. The molecule has 0 saturated carbocycles. The number of hydrogen-bond donors (Lipinski definition) is 0. The van der Waals surface area contributed by atoms with E-state index in [4.69, 9.17) is 13.0 Å². The van der Waals surface area contributed by atoms with Crippen molar-refractivity contribution in [3.63, 3.8) is 0 Å². The second kappa shape index (κ2) is 12.9. The predicted octanol–water partition coefficient (Wildman–Crippen LogP) is 7.52. The number of alkyl halides is 1. The minimum Gasteiger partial charge on any atom is -0.722 e. The minimum atomic E-state index is -5.42. The number of fused-ring (bicyclic) bond motifs is 3. The minimum absolute atomic E-state index is 0.0244. The van der Waals surface area contributed by atoms with Crippen molar-refractivity contribution in [2.45, 2.75) is 33.1 Å². The Morgan fingerprint density at radius 2 is 1.38 bits per heavy atom. The summed E-state index contributed by atoms with van der Waals surface area (Å²) in [5.74, 6) is -0.535. The number of ether oxygens (including phenoxy) is 1. The molecular formula is C28H30F2O5S2. The Morgan fingerprint density at radius 3 is 1.76 bits per heavy atom. The van der Waals surface area contributed by atoms with Gasteiger partial charge in [0, 0.05) is 26.8 Å². The first kappa shape index (κ1) is 30.1. The van der Waals surface area contributed by atoms with Crippen LogP contribution in [0.2, 0.25) is 0 Å². The van der Waals surface area contributed by atoms with Gasteiger partial charge >= 0.3 is 5.97 Å². The van der Waals surface area contributed by atoms with Gasteiger partial charge in [-0.15, -0.1) is 3.89 Å². The Bertz CT molecular complexity index is 1410. The quantitative estimate of drug-likeness (QED) is 0.0866. The summed E-state index contributed by atoms with van der Waals surface area (Å²) < 4.78 is 53.9. The summed E-state index contributed by atoms with van der Waals surface area (Å²) >= 11 is 0. The van der Waals surface area contributed by atoms with Crippen LogP contribution in [0.5, 0.6) is 0 Å². The van der Waals surface area contributed by atoms with Crippen LogP contribution in [0.1, 0.15) is 33.3 Å². The van der Waals surface area contributed by atoms with Crippen LogP contribution in [0.15, 0.2) is 84.9 Å². The number of rotatable bonds is 4. The number of carbonyl (C=O) groups is 1. The molecular weight excluding hydrogens is 518 g/mol. The lowest BCUT2D eigenvalue weighted by Crippen LogP contribution is -2.10. The lowest BCUT2D eigenvalue weighted by molar-refractivity contribution is -0.139. The molecule has 0 aliphatic rings. The van der Waals surface area contributed by atoms with Crippen molar-refractivity contribution in [2.75, 3.05) is 13.3 Å². The number of esters is 1. The third-order valence-corrected chi connectivity index (χ3v) is 7.45. The molecule has 0 aliphatic carbocycles. The van der Waals surface area contributed by atoms with Gasteiger partial charge in [0.05, 0.1) is 0 Å². The lowest BCUT2D eigenvalue weighted by atomic mass is 9.87. The number of thiophene rings is 1. The molecule has 0 aliphatic heterocycles. The predicted molar refractivity (Wildman–Crippen MR) is 147 cm³/mol. The molecule has 198 valence electrons. The molecule has 0 fully saturated rings. The summed E-state index contributed by atoms with van der Waals surface area (Å²) in [4.78, 5) is 11.8. The van der Waals surface area contributed by atoms with Crippen LogP contribution in [0.4, 0.5) is 8.28 Å². The molecule has 3 aromatic carbocycles. The number of carbonyl (C=O) groups excluding carboxylic acids is 1. The van der Waals surface area contributed by atoms with Crippen LogP contribution in [-0.2, 0) is 25.5 Å². The Kier molecular flexibility index (Phi) is 10.5. The molecule has 0 N–H and O–H groups in total. The molecule has 0 bridgehead atoms. The van der Waals surface area contributed by atoms with Gasteiger partial charge in [0.2, 0.25) is 0 Å². The van der Waals surface area contributed by atoms with Gasteiger partial charge in [-0.1, -0.05) is 63.7 Å². The van der Waals surface area contributed by atoms with E-state index >= 15 is 0 Å².